The maximum Gasteiger partial charge on any atom is 0.0347 e. The zero-order valence-corrected chi connectivity index (χ0v) is 8.74. The maximum atomic E-state index is 3.80. The summed E-state index contributed by atoms with van der Waals surface area (Å²) >= 11 is 0. The fourth-order valence-electron chi connectivity index (χ4n) is 1.93. The fourth-order valence-corrected chi connectivity index (χ4v) is 1.93. The Bertz CT molecular complexity index is 317. The first-order valence-electron chi connectivity index (χ1n) is 5.14. The van der Waals surface area contributed by atoms with E-state index in [2.05, 4.69) is 48.7 Å². The van der Waals surface area contributed by atoms with Crippen LogP contribution in [0.3, 0.4) is 0 Å². The van der Waals surface area contributed by atoms with Crippen LogP contribution in [0.4, 0.5) is 0 Å². The summed E-state index contributed by atoms with van der Waals surface area (Å²) in [5.74, 6) is 0. The first-order chi connectivity index (χ1) is 6.74. The Kier molecular flexibility index (Phi) is 2.42. The third kappa shape index (κ3) is 1.88. The monoisotopic (exact) mass is 187 g/mol. The first kappa shape index (κ1) is 9.47. The largest absolute Gasteiger partial charge is 0.290 e. The van der Waals surface area contributed by atoms with Gasteiger partial charge in [-0.2, -0.15) is 0 Å². The topological polar surface area (TPSA) is 3.01 Å². The summed E-state index contributed by atoms with van der Waals surface area (Å²) in [4.78, 5) is 2.49. The molecule has 2 atom stereocenters. The van der Waals surface area contributed by atoms with E-state index in [-0.39, 0.29) is 0 Å². The summed E-state index contributed by atoms with van der Waals surface area (Å²) < 4.78 is 0. The third-order valence-electron chi connectivity index (χ3n) is 2.99. The molecule has 1 heterocycles. The van der Waals surface area contributed by atoms with Crippen LogP contribution in [-0.2, 0) is 6.54 Å². The smallest absolute Gasteiger partial charge is 0.0347 e. The minimum atomic E-state index is 0.386. The molecule has 14 heavy (non-hydrogen) atoms. The van der Waals surface area contributed by atoms with E-state index in [0.29, 0.717) is 5.54 Å². The van der Waals surface area contributed by atoms with Gasteiger partial charge in [0.05, 0.1) is 0 Å². The Labute approximate surface area is 86.1 Å². The predicted octanol–water partition coefficient (Wildman–Crippen LogP) is 2.84. The first-order valence-corrected chi connectivity index (χ1v) is 5.14. The van der Waals surface area contributed by atoms with Crippen molar-refractivity contribution in [1.82, 2.24) is 4.90 Å². The Morgan fingerprint density at radius 2 is 2.14 bits per heavy atom. The quantitative estimate of drug-likeness (QED) is 0.517. The zero-order chi connectivity index (χ0) is 10.0. The molecule has 0 amide bonds. The second-order valence-corrected chi connectivity index (χ2v) is 4.33. The number of hydrogen-bond acceptors (Lipinski definition) is 1. The third-order valence-corrected chi connectivity index (χ3v) is 2.99. The van der Waals surface area contributed by atoms with E-state index in [1.165, 1.54) is 12.1 Å². The molecular weight excluding hydrogens is 170 g/mol. The summed E-state index contributed by atoms with van der Waals surface area (Å²) in [5, 5.41) is 0. The van der Waals surface area contributed by atoms with E-state index in [0.717, 1.165) is 13.0 Å². The normalized spacial score (nSPS) is 29.9. The van der Waals surface area contributed by atoms with Gasteiger partial charge in [0, 0.05) is 18.6 Å². The van der Waals surface area contributed by atoms with Crippen LogP contribution in [0.1, 0.15) is 18.9 Å². The standard InChI is InChI=1S/C13H17N/c1-3-9-13(2)11-14(13)10-12-7-5-4-6-8-12/h3-8H,1,9-11H2,2H3. The highest BCUT2D eigenvalue weighted by atomic mass is 15.3. The minimum Gasteiger partial charge on any atom is -0.290 e. The minimum absolute atomic E-state index is 0.386. The van der Waals surface area contributed by atoms with Gasteiger partial charge in [-0.05, 0) is 18.9 Å². The lowest BCUT2D eigenvalue weighted by Crippen LogP contribution is -2.12. The van der Waals surface area contributed by atoms with Gasteiger partial charge >= 0.3 is 0 Å². The van der Waals surface area contributed by atoms with E-state index in [9.17, 15) is 0 Å². The summed E-state index contributed by atoms with van der Waals surface area (Å²) in [6.07, 6.45) is 3.12. The number of benzene rings is 1. The molecule has 2 unspecified atom stereocenters. The molecule has 1 nitrogen and oxygen atoms in total. The van der Waals surface area contributed by atoms with Crippen LogP contribution in [0.15, 0.2) is 43.0 Å². The lowest BCUT2D eigenvalue weighted by atomic mass is 10.1. The molecule has 1 heteroatoms. The van der Waals surface area contributed by atoms with Gasteiger partial charge in [-0.15, -0.1) is 6.58 Å². The molecule has 0 aliphatic carbocycles. The SMILES string of the molecule is C=CCC1(C)CN1Cc1ccccc1. The second-order valence-electron chi connectivity index (χ2n) is 4.33. The van der Waals surface area contributed by atoms with Gasteiger partial charge in [-0.3, -0.25) is 4.90 Å². The average molecular weight is 187 g/mol. The van der Waals surface area contributed by atoms with Crippen molar-refractivity contribution in [2.24, 2.45) is 0 Å². The molecule has 0 N–H and O–H groups in total. The van der Waals surface area contributed by atoms with Crippen LogP contribution in [0.2, 0.25) is 0 Å². The molecule has 1 aliphatic rings. The van der Waals surface area contributed by atoms with Gasteiger partial charge in [0.25, 0.3) is 0 Å². The average Bonchev–Trinajstić information content (AvgIpc) is 2.78. The summed E-state index contributed by atoms with van der Waals surface area (Å²) in [6, 6.07) is 10.6. The molecular formula is C13H17N. The number of nitrogens with zero attached hydrogens (tertiary/aromatic N) is 1. The van der Waals surface area contributed by atoms with E-state index < -0.39 is 0 Å². The highest BCUT2D eigenvalue weighted by Crippen LogP contribution is 2.36. The van der Waals surface area contributed by atoms with Crippen molar-refractivity contribution in [3.8, 4) is 0 Å². The van der Waals surface area contributed by atoms with Crippen molar-refractivity contribution in [1.29, 1.82) is 0 Å². The van der Waals surface area contributed by atoms with Gasteiger partial charge in [0.2, 0.25) is 0 Å². The van der Waals surface area contributed by atoms with E-state index >= 15 is 0 Å². The Hall–Kier alpha value is -1.08. The molecule has 1 aliphatic heterocycles. The van der Waals surface area contributed by atoms with Crippen LogP contribution in [0.25, 0.3) is 0 Å². The van der Waals surface area contributed by atoms with Crippen molar-refractivity contribution in [2.45, 2.75) is 25.4 Å². The van der Waals surface area contributed by atoms with Gasteiger partial charge in [0.1, 0.15) is 0 Å². The molecule has 1 aromatic carbocycles. The van der Waals surface area contributed by atoms with Gasteiger partial charge in [0.15, 0.2) is 0 Å². The molecule has 1 aromatic rings. The zero-order valence-electron chi connectivity index (χ0n) is 8.74. The Balaban J connectivity index is 1.93. The molecule has 2 rings (SSSR count). The van der Waals surface area contributed by atoms with E-state index in [1.807, 2.05) is 6.08 Å². The van der Waals surface area contributed by atoms with Crippen molar-refractivity contribution in [2.75, 3.05) is 6.54 Å². The molecule has 0 saturated carbocycles. The fraction of sp³-hybridized carbons (Fsp3) is 0.385. The van der Waals surface area contributed by atoms with Crippen molar-refractivity contribution >= 4 is 0 Å². The van der Waals surface area contributed by atoms with Crippen molar-refractivity contribution in [3.05, 3.63) is 48.6 Å². The molecule has 0 radical (unpaired) electrons. The van der Waals surface area contributed by atoms with Crippen LogP contribution >= 0.6 is 0 Å². The highest BCUT2D eigenvalue weighted by molar-refractivity contribution is 5.18. The van der Waals surface area contributed by atoms with Crippen LogP contribution < -0.4 is 0 Å². The molecule has 0 aromatic heterocycles. The maximum absolute atomic E-state index is 3.80. The lowest BCUT2D eigenvalue weighted by molar-refractivity contribution is 0.422. The molecule has 1 fully saturated rings. The van der Waals surface area contributed by atoms with Crippen LogP contribution in [-0.4, -0.2) is 17.0 Å². The number of hydrogen-bond donors (Lipinski definition) is 0. The van der Waals surface area contributed by atoms with Gasteiger partial charge in [-0.25, -0.2) is 0 Å². The van der Waals surface area contributed by atoms with Crippen molar-refractivity contribution < 1.29 is 0 Å². The second kappa shape index (κ2) is 3.58. The van der Waals surface area contributed by atoms with Crippen LogP contribution in [0.5, 0.6) is 0 Å². The van der Waals surface area contributed by atoms with Gasteiger partial charge in [-0.1, -0.05) is 36.4 Å². The lowest BCUT2D eigenvalue weighted by Gasteiger charge is -2.09. The molecule has 0 spiro atoms. The van der Waals surface area contributed by atoms with Crippen molar-refractivity contribution in [3.63, 3.8) is 0 Å². The summed E-state index contributed by atoms with van der Waals surface area (Å²) in [7, 11) is 0. The molecule has 74 valence electrons. The van der Waals surface area contributed by atoms with E-state index in [4.69, 9.17) is 0 Å². The Morgan fingerprint density at radius 3 is 2.79 bits per heavy atom. The summed E-state index contributed by atoms with van der Waals surface area (Å²) in [5.41, 5.74) is 1.79. The predicted molar refractivity (Wildman–Crippen MR) is 60.1 cm³/mol. The Morgan fingerprint density at radius 1 is 1.43 bits per heavy atom. The van der Waals surface area contributed by atoms with E-state index in [1.54, 1.807) is 0 Å². The van der Waals surface area contributed by atoms with Crippen LogP contribution in [0, 0.1) is 0 Å². The van der Waals surface area contributed by atoms with Gasteiger partial charge < -0.3 is 0 Å². The molecule has 1 saturated heterocycles. The summed E-state index contributed by atoms with van der Waals surface area (Å²) in [6.45, 7) is 8.38. The highest BCUT2D eigenvalue weighted by Gasteiger charge is 2.45. The number of rotatable bonds is 4. The molecule has 0 bridgehead atoms.